The van der Waals surface area contributed by atoms with Gasteiger partial charge < -0.3 is 5.32 Å². The van der Waals surface area contributed by atoms with Gasteiger partial charge in [-0.1, -0.05) is 0 Å². The number of carbonyl (C=O) groups is 1. The predicted octanol–water partition coefficient (Wildman–Crippen LogP) is 4.14. The Bertz CT molecular complexity index is 896. The lowest BCUT2D eigenvalue weighted by Gasteiger charge is -2.60. The van der Waals surface area contributed by atoms with Crippen LogP contribution in [0.5, 0.6) is 0 Å². The lowest BCUT2D eigenvalue weighted by atomic mass is 9.46. The van der Waals surface area contributed by atoms with Gasteiger partial charge >= 0.3 is 0 Å². The molecule has 2 atom stereocenters. The summed E-state index contributed by atoms with van der Waals surface area (Å²) in [6.07, 6.45) is 6.96. The molecular formula is C19H19ClF2N4O. The van der Waals surface area contributed by atoms with Crippen molar-refractivity contribution in [1.29, 1.82) is 0 Å². The lowest BCUT2D eigenvalue weighted by Crippen LogP contribution is -2.60. The minimum atomic E-state index is -0.704. The first kappa shape index (κ1) is 17.1. The first-order valence-electron chi connectivity index (χ1n) is 9.21. The van der Waals surface area contributed by atoms with E-state index in [4.69, 9.17) is 11.6 Å². The molecule has 27 heavy (non-hydrogen) atoms. The van der Waals surface area contributed by atoms with E-state index in [1.807, 2.05) is 4.68 Å². The topological polar surface area (TPSA) is 59.8 Å². The van der Waals surface area contributed by atoms with Crippen molar-refractivity contribution in [2.75, 3.05) is 5.32 Å². The van der Waals surface area contributed by atoms with Crippen molar-refractivity contribution in [2.24, 2.45) is 17.3 Å². The monoisotopic (exact) mass is 392 g/mol. The maximum absolute atomic E-state index is 13.5. The molecule has 4 fully saturated rings. The highest BCUT2D eigenvalue weighted by molar-refractivity contribution is 6.28. The van der Waals surface area contributed by atoms with Crippen LogP contribution in [-0.2, 0) is 10.3 Å². The van der Waals surface area contributed by atoms with Crippen molar-refractivity contribution >= 4 is 23.2 Å². The molecule has 142 valence electrons. The minimum absolute atomic E-state index is 0.155. The van der Waals surface area contributed by atoms with E-state index in [0.717, 1.165) is 50.3 Å². The molecule has 6 rings (SSSR count). The summed E-state index contributed by atoms with van der Waals surface area (Å²) in [4.78, 5) is 17.3. The van der Waals surface area contributed by atoms with Crippen LogP contribution in [0.4, 0.5) is 14.5 Å². The molecule has 0 radical (unpaired) electrons. The first-order valence-corrected chi connectivity index (χ1v) is 9.59. The van der Waals surface area contributed by atoms with Gasteiger partial charge in [-0.15, -0.1) is 5.10 Å². The number of hydrogen-bond acceptors (Lipinski definition) is 3. The van der Waals surface area contributed by atoms with Gasteiger partial charge in [0.15, 0.2) is 0 Å². The zero-order valence-electron chi connectivity index (χ0n) is 14.6. The van der Waals surface area contributed by atoms with E-state index in [0.29, 0.717) is 18.3 Å². The SMILES string of the molecule is O=C(Nc1cc(F)cc(F)c1)C12CC3CC(C1)CC(n1cnc(Cl)n1)(C3)C2. The van der Waals surface area contributed by atoms with Gasteiger partial charge in [0, 0.05) is 11.8 Å². The van der Waals surface area contributed by atoms with E-state index in [-0.39, 0.29) is 22.4 Å². The van der Waals surface area contributed by atoms with Crippen LogP contribution in [0.15, 0.2) is 24.5 Å². The maximum Gasteiger partial charge on any atom is 0.242 e. The molecular weight excluding hydrogens is 374 g/mol. The van der Waals surface area contributed by atoms with E-state index in [1.165, 1.54) is 0 Å². The van der Waals surface area contributed by atoms with Gasteiger partial charge in [0.1, 0.15) is 18.0 Å². The predicted molar refractivity (Wildman–Crippen MR) is 95.1 cm³/mol. The number of amides is 1. The van der Waals surface area contributed by atoms with Crippen LogP contribution in [0.3, 0.4) is 0 Å². The summed E-state index contributed by atoms with van der Waals surface area (Å²) in [7, 11) is 0. The van der Waals surface area contributed by atoms with Crippen LogP contribution in [-0.4, -0.2) is 20.7 Å². The minimum Gasteiger partial charge on any atom is -0.325 e. The van der Waals surface area contributed by atoms with Crippen LogP contribution < -0.4 is 5.32 Å². The Morgan fingerprint density at radius 2 is 1.81 bits per heavy atom. The van der Waals surface area contributed by atoms with E-state index in [1.54, 1.807) is 6.33 Å². The Balaban J connectivity index is 1.47. The van der Waals surface area contributed by atoms with Gasteiger partial charge in [-0.05, 0) is 74.1 Å². The molecule has 1 aromatic carbocycles. The van der Waals surface area contributed by atoms with E-state index in [9.17, 15) is 13.6 Å². The Morgan fingerprint density at radius 1 is 1.15 bits per heavy atom. The highest BCUT2D eigenvalue weighted by Gasteiger charge is 2.61. The molecule has 2 unspecified atom stereocenters. The number of anilines is 1. The van der Waals surface area contributed by atoms with Crippen LogP contribution in [0, 0.1) is 28.9 Å². The summed E-state index contributed by atoms with van der Waals surface area (Å²) in [5.41, 5.74) is -0.647. The molecule has 0 spiro atoms. The number of nitrogens with zero attached hydrogens (tertiary/aromatic N) is 3. The third-order valence-electron chi connectivity index (χ3n) is 6.58. The smallest absolute Gasteiger partial charge is 0.242 e. The number of hydrogen-bond donors (Lipinski definition) is 1. The van der Waals surface area contributed by atoms with Crippen molar-refractivity contribution in [2.45, 2.75) is 44.1 Å². The molecule has 4 bridgehead atoms. The summed E-state index contributed by atoms with van der Waals surface area (Å²) in [5.74, 6) is -0.695. The van der Waals surface area contributed by atoms with Gasteiger partial charge in [0.2, 0.25) is 11.2 Å². The van der Waals surface area contributed by atoms with Crippen LogP contribution >= 0.6 is 11.6 Å². The molecule has 4 saturated carbocycles. The van der Waals surface area contributed by atoms with Crippen molar-refractivity contribution in [3.63, 3.8) is 0 Å². The molecule has 0 aliphatic heterocycles. The van der Waals surface area contributed by atoms with Gasteiger partial charge in [-0.2, -0.15) is 0 Å². The van der Waals surface area contributed by atoms with Crippen LogP contribution in [0.2, 0.25) is 5.28 Å². The fourth-order valence-electron chi connectivity index (χ4n) is 6.11. The number of rotatable bonds is 3. The largest absolute Gasteiger partial charge is 0.325 e. The van der Waals surface area contributed by atoms with Crippen molar-refractivity contribution in [3.8, 4) is 0 Å². The van der Waals surface area contributed by atoms with Gasteiger partial charge in [0.05, 0.1) is 11.0 Å². The zero-order valence-corrected chi connectivity index (χ0v) is 15.3. The lowest BCUT2D eigenvalue weighted by molar-refractivity contribution is -0.150. The second kappa shape index (κ2) is 5.74. The fraction of sp³-hybridized carbons (Fsp3) is 0.526. The van der Waals surface area contributed by atoms with Crippen LogP contribution in [0.25, 0.3) is 0 Å². The van der Waals surface area contributed by atoms with Gasteiger partial charge in [-0.3, -0.25) is 4.79 Å². The number of halogens is 3. The third-order valence-corrected chi connectivity index (χ3v) is 6.76. The average molecular weight is 393 g/mol. The normalized spacial score (nSPS) is 34.0. The zero-order chi connectivity index (χ0) is 18.8. The molecule has 2 aromatic rings. The van der Waals surface area contributed by atoms with Gasteiger partial charge in [0.25, 0.3) is 0 Å². The summed E-state index contributed by atoms with van der Waals surface area (Å²) < 4.78 is 28.8. The maximum atomic E-state index is 13.5. The number of nitrogens with one attached hydrogen (secondary N) is 1. The highest BCUT2D eigenvalue weighted by Crippen LogP contribution is 2.64. The third kappa shape index (κ3) is 2.74. The van der Waals surface area contributed by atoms with Crippen molar-refractivity contribution in [3.05, 3.63) is 41.4 Å². The number of aromatic nitrogens is 3. The fourth-order valence-corrected chi connectivity index (χ4v) is 6.23. The summed E-state index contributed by atoms with van der Waals surface area (Å²) in [5, 5.41) is 7.31. The second-order valence-electron chi connectivity index (χ2n) is 8.54. The van der Waals surface area contributed by atoms with Crippen molar-refractivity contribution in [1.82, 2.24) is 14.8 Å². The molecule has 1 amide bonds. The van der Waals surface area contributed by atoms with E-state index < -0.39 is 17.0 Å². The number of carbonyl (C=O) groups excluding carboxylic acids is 1. The quantitative estimate of drug-likeness (QED) is 0.853. The van der Waals surface area contributed by atoms with Gasteiger partial charge in [-0.25, -0.2) is 18.4 Å². The standard InChI is InChI=1S/C19H19ClF2N4O/c20-17-23-10-26(25-17)19-7-11-1-12(8-19)6-18(5-11,9-19)16(27)24-15-3-13(21)2-14(22)4-15/h2-4,10-12H,1,5-9H2,(H,24,27). The highest BCUT2D eigenvalue weighted by atomic mass is 35.5. The summed E-state index contributed by atoms with van der Waals surface area (Å²) in [6.45, 7) is 0. The molecule has 1 N–H and O–H groups in total. The Hall–Kier alpha value is -2.02. The number of benzene rings is 1. The summed E-state index contributed by atoms with van der Waals surface area (Å²) >= 11 is 5.94. The molecule has 0 saturated heterocycles. The van der Waals surface area contributed by atoms with Crippen LogP contribution in [0.1, 0.15) is 38.5 Å². The molecule has 8 heteroatoms. The Kier molecular flexibility index (Phi) is 3.63. The molecule has 5 nitrogen and oxygen atoms in total. The first-order chi connectivity index (χ1) is 12.9. The Morgan fingerprint density at radius 3 is 2.41 bits per heavy atom. The molecule has 1 aromatic heterocycles. The summed E-state index contributed by atoms with van der Waals surface area (Å²) in [6, 6.07) is 3.09. The average Bonchev–Trinajstić information content (AvgIpc) is 3.00. The molecule has 4 aliphatic rings. The second-order valence-corrected chi connectivity index (χ2v) is 8.87. The molecule has 1 heterocycles. The Labute approximate surface area is 160 Å². The van der Waals surface area contributed by atoms with E-state index >= 15 is 0 Å². The van der Waals surface area contributed by atoms with E-state index in [2.05, 4.69) is 15.4 Å². The molecule has 4 aliphatic carbocycles. The van der Waals surface area contributed by atoms with Crippen molar-refractivity contribution < 1.29 is 13.6 Å².